The second-order valence-corrected chi connectivity index (χ2v) is 39.0. The number of ether oxygens (including phenoxy) is 2. The Morgan fingerprint density at radius 3 is 1.33 bits per heavy atom. The van der Waals surface area contributed by atoms with Crippen LogP contribution in [0, 0.1) is 18.3 Å². The molecule has 17 heterocycles. The van der Waals surface area contributed by atoms with Crippen LogP contribution in [-0.2, 0) is 42.2 Å². The number of carbonyl (C=O) groups is 2. The van der Waals surface area contributed by atoms with E-state index in [1.807, 2.05) is 150 Å². The number of halogens is 4. The normalized spacial score (nSPS) is 15.2. The molecule has 20 rings (SSSR count). The fourth-order valence-corrected chi connectivity index (χ4v) is 18.0. The van der Waals surface area contributed by atoms with Crippen LogP contribution in [-0.4, -0.2) is 188 Å². The van der Waals surface area contributed by atoms with Crippen LogP contribution in [0.5, 0.6) is 0 Å². The van der Waals surface area contributed by atoms with Crippen molar-refractivity contribution < 1.29 is 38.8 Å². The summed E-state index contributed by atoms with van der Waals surface area (Å²) in [5.41, 5.74) is 10.2. The Balaban J connectivity index is 0.000000129. The van der Waals surface area contributed by atoms with Crippen molar-refractivity contribution in [3.05, 3.63) is 303 Å². The SMILES string of the molecule is CC(C)(C)OC(=O)N(Cc1cccnc1)c1cc(-c2ccc(F)cc2)nc2ccnn12.OCC1CCCCN1c1cc(NCc2cccnc2)n2ncc(Br)c2n1.OCCC1CCCCN1c1cc(NCc2cccnc2)n2ncc(Br)c2n1.OC[C@H]1CCCC[C@H]1Nc1cc(NCc2cccnc2)n2ncc(Br)c2n1.[C-]#[N+]c1cccc(-c2cc(N(Cc3cccnc3)C(=O)OC(C)(C)C)n3nccc3n2)c1. The number of carbonyl (C=O) groups excluding carboxylic acids is 2. The molecule has 1 aliphatic carbocycles. The number of nitrogens with one attached hydrogen (secondary N) is 4. The Morgan fingerprint density at radius 2 is 0.888 bits per heavy atom. The lowest BCUT2D eigenvalue weighted by Crippen LogP contribution is -2.42. The van der Waals surface area contributed by atoms with E-state index in [0.29, 0.717) is 65.7 Å². The number of aliphatic hydroxyl groups is 3. The molecule has 143 heavy (non-hydrogen) atoms. The number of anilines is 8. The van der Waals surface area contributed by atoms with Crippen molar-refractivity contribution in [2.24, 2.45) is 5.92 Å². The summed E-state index contributed by atoms with van der Waals surface area (Å²) in [5.74, 6) is 6.12. The quantitative estimate of drug-likeness (QED) is 0.0261. The predicted octanol–water partition coefficient (Wildman–Crippen LogP) is 19.7. The molecule has 0 bridgehead atoms. The summed E-state index contributed by atoms with van der Waals surface area (Å²) in [6.45, 7) is 23.0. The summed E-state index contributed by atoms with van der Waals surface area (Å²) in [5, 5.41) is 64.7. The maximum Gasteiger partial charge on any atom is 0.416 e. The third-order valence-electron chi connectivity index (χ3n) is 23.8. The fraction of sp³-hybridized carbons (Fsp3) is 0.320. The van der Waals surface area contributed by atoms with Gasteiger partial charge in [-0.2, -0.15) is 48.1 Å². The molecule has 36 nitrogen and oxygen atoms in total. The lowest BCUT2D eigenvalue weighted by Gasteiger charge is -2.36. The van der Waals surface area contributed by atoms with E-state index < -0.39 is 23.4 Å². The van der Waals surface area contributed by atoms with Gasteiger partial charge in [-0.1, -0.05) is 61.4 Å². The Morgan fingerprint density at radius 1 is 0.455 bits per heavy atom. The highest BCUT2D eigenvalue weighted by Gasteiger charge is 2.33. The highest BCUT2D eigenvalue weighted by Crippen LogP contribution is 2.37. The van der Waals surface area contributed by atoms with Crippen molar-refractivity contribution in [3.63, 3.8) is 0 Å². The molecule has 738 valence electrons. The highest BCUT2D eigenvalue weighted by atomic mass is 79.9. The van der Waals surface area contributed by atoms with Crippen LogP contribution in [0.3, 0.4) is 0 Å². The number of pyridine rings is 5. The van der Waals surface area contributed by atoms with E-state index in [1.54, 1.807) is 141 Å². The lowest BCUT2D eigenvalue weighted by molar-refractivity contribution is 0.0564. The first kappa shape index (κ1) is 101. The van der Waals surface area contributed by atoms with Crippen LogP contribution in [0.2, 0.25) is 0 Å². The van der Waals surface area contributed by atoms with Crippen molar-refractivity contribution in [1.29, 1.82) is 0 Å². The summed E-state index contributed by atoms with van der Waals surface area (Å²) in [7, 11) is 0. The predicted molar refractivity (Wildman–Crippen MR) is 558 cm³/mol. The average Bonchev–Trinajstić information content (AvgIpc) is 1.67. The van der Waals surface area contributed by atoms with Gasteiger partial charge in [0.1, 0.15) is 63.6 Å². The fourth-order valence-electron chi connectivity index (χ4n) is 17.0. The van der Waals surface area contributed by atoms with Crippen LogP contribution in [0.25, 0.3) is 55.6 Å². The van der Waals surface area contributed by atoms with Gasteiger partial charge in [-0.25, -0.2) is 43.7 Å². The highest BCUT2D eigenvalue weighted by molar-refractivity contribution is 9.11. The Hall–Kier alpha value is -14.6. The largest absolute Gasteiger partial charge is 0.443 e. The van der Waals surface area contributed by atoms with Crippen LogP contribution < -0.4 is 40.9 Å². The maximum atomic E-state index is 13.4. The number of fused-ring (bicyclic) bond motifs is 5. The molecule has 3 aliphatic rings. The molecule has 15 aromatic heterocycles. The van der Waals surface area contributed by atoms with E-state index in [1.165, 1.54) is 41.2 Å². The number of benzene rings is 2. The van der Waals surface area contributed by atoms with E-state index in [4.69, 9.17) is 31.0 Å². The van der Waals surface area contributed by atoms with Crippen LogP contribution in [0.4, 0.5) is 66.2 Å². The van der Waals surface area contributed by atoms with Gasteiger partial charge in [0.05, 0.1) is 88.1 Å². The maximum absolute atomic E-state index is 13.4. The van der Waals surface area contributed by atoms with Crippen molar-refractivity contribution in [2.45, 2.75) is 174 Å². The number of piperidine rings is 2. The number of aliphatic hydroxyl groups excluding tert-OH is 3. The number of rotatable bonds is 25. The minimum Gasteiger partial charge on any atom is -0.443 e. The molecule has 0 radical (unpaired) electrons. The Kier molecular flexibility index (Phi) is 33.8. The third-order valence-corrected chi connectivity index (χ3v) is 25.5. The molecule has 2 amide bonds. The van der Waals surface area contributed by atoms with E-state index in [0.717, 1.165) is 169 Å². The lowest BCUT2D eigenvalue weighted by atomic mass is 9.85. The minimum absolute atomic E-state index is 0.117. The molecule has 2 saturated heterocycles. The topological polar surface area (TPSA) is 394 Å². The molecule has 1 saturated carbocycles. The molecular formula is C103H111Br3FN29O7. The summed E-state index contributed by atoms with van der Waals surface area (Å²) >= 11 is 10.6. The number of hydrogen-bond donors (Lipinski definition) is 7. The van der Waals surface area contributed by atoms with Crippen LogP contribution in [0.15, 0.2) is 258 Å². The first-order valence-corrected chi connectivity index (χ1v) is 49.6. The first-order valence-electron chi connectivity index (χ1n) is 47.3. The summed E-state index contributed by atoms with van der Waals surface area (Å²) in [6.07, 6.45) is 37.0. The molecule has 3 fully saturated rings. The molecule has 2 aromatic carbocycles. The van der Waals surface area contributed by atoms with E-state index in [-0.39, 0.29) is 56.7 Å². The second-order valence-electron chi connectivity index (χ2n) is 36.4. The molecule has 17 aromatic rings. The van der Waals surface area contributed by atoms with Gasteiger partial charge in [0, 0.05) is 174 Å². The second kappa shape index (κ2) is 47.8. The molecular weight excluding hydrogens is 2010 g/mol. The number of nitrogens with zero attached hydrogens (tertiary/aromatic N) is 25. The van der Waals surface area contributed by atoms with Gasteiger partial charge < -0.3 is 55.9 Å². The summed E-state index contributed by atoms with van der Waals surface area (Å²) in [6, 6.07) is 46.3. The van der Waals surface area contributed by atoms with Crippen molar-refractivity contribution in [2.75, 3.05) is 73.8 Å². The van der Waals surface area contributed by atoms with Gasteiger partial charge in [-0.05, 0) is 241 Å². The van der Waals surface area contributed by atoms with Gasteiger partial charge in [0.25, 0.3) is 0 Å². The van der Waals surface area contributed by atoms with E-state index in [2.05, 4.69) is 150 Å². The average molecular weight is 2130 g/mol. The Bertz CT molecular complexity index is 7140. The van der Waals surface area contributed by atoms with E-state index >= 15 is 0 Å². The molecule has 7 N–H and O–H groups in total. The standard InChI is InChI=1S/C24H22N6O2.C23H22FN5O2.2C19H23BrN6O.C18H21BrN6O/c1-24(2,3)32-23(31)29(16-17-7-6-11-26-15-17)22-14-20(28-21-10-12-27-30(21)22)18-8-5-9-19(13-18)25-4;1-23(2,3)31-22(30)28(15-16-5-4-11-25-14-16)21-13-19(17-6-8-18(24)9-7-17)27-20-10-12-26-29(20)21;20-16-13-23-26-17(22-12-14-4-3-7-21-11-14)10-18(24-19(16)26)25-8-2-1-5-15(25)6-9-27;20-15-11-23-26-18(22-10-13-4-3-7-21-9-13)8-17(25-19(15)26)24-16-6-2-1-5-14(16)12-27;19-15-11-22-25-16(21-10-13-4-3-6-20-9-13)8-17(23-18(15)25)24-7-2-1-5-14(24)12-26/h5-15H,16H2,1-3H3;4-14H,15H2,1-3H3;3-4,7,10-11,13,15,22,27H,1-2,5-6,8-9,12H2;3-4,7-9,11,14,16,22,27H,1-2,5-6,10,12H2,(H,24,25);3-4,6,8-9,11,14,21,26H,1-2,5,7,10,12H2/t;;;14-,16-;/m...1./s1. The van der Waals surface area contributed by atoms with Gasteiger partial charge in [-0.15, -0.1) is 0 Å². The number of amides is 2. The first-order chi connectivity index (χ1) is 69.4. The van der Waals surface area contributed by atoms with Crippen molar-refractivity contribution >= 4 is 140 Å². The zero-order chi connectivity index (χ0) is 99.9. The monoisotopic (exact) mass is 2120 g/mol. The van der Waals surface area contributed by atoms with Crippen LogP contribution in [0.1, 0.15) is 140 Å². The van der Waals surface area contributed by atoms with Crippen molar-refractivity contribution in [1.82, 2.24) is 97.9 Å². The third kappa shape index (κ3) is 26.4. The van der Waals surface area contributed by atoms with Gasteiger partial charge in [0.2, 0.25) is 0 Å². The number of aromatic nitrogens is 20. The van der Waals surface area contributed by atoms with Crippen LogP contribution >= 0.6 is 47.8 Å². The summed E-state index contributed by atoms with van der Waals surface area (Å²) < 4.78 is 35.9. The molecule has 4 atom stereocenters. The van der Waals surface area contributed by atoms with Gasteiger partial charge in [-0.3, -0.25) is 34.7 Å². The zero-order valence-electron chi connectivity index (χ0n) is 79.9. The van der Waals surface area contributed by atoms with Gasteiger partial charge >= 0.3 is 12.2 Å². The number of hydrogen-bond acceptors (Lipinski definition) is 28. The molecule has 2 aliphatic heterocycles. The smallest absolute Gasteiger partial charge is 0.416 e. The zero-order valence-corrected chi connectivity index (χ0v) is 84.7. The van der Waals surface area contributed by atoms with Gasteiger partial charge in [0.15, 0.2) is 33.9 Å². The summed E-state index contributed by atoms with van der Waals surface area (Å²) in [4.78, 5) is 81.9. The minimum atomic E-state index is -0.680. The molecule has 0 spiro atoms. The molecule has 40 heteroatoms. The van der Waals surface area contributed by atoms with Crippen molar-refractivity contribution in [3.8, 4) is 22.5 Å². The molecule has 2 unspecified atom stereocenters. The van der Waals surface area contributed by atoms with E-state index in [9.17, 15) is 29.3 Å². The Labute approximate surface area is 850 Å².